The van der Waals surface area contributed by atoms with Gasteiger partial charge in [0.25, 0.3) is 0 Å². The minimum absolute atomic E-state index is 0. The van der Waals surface area contributed by atoms with Crippen molar-refractivity contribution in [2.75, 3.05) is 19.9 Å². The Morgan fingerprint density at radius 1 is 1.18 bits per heavy atom. The van der Waals surface area contributed by atoms with Crippen molar-refractivity contribution >= 4 is 29.9 Å². The van der Waals surface area contributed by atoms with Crippen molar-refractivity contribution in [2.45, 2.75) is 20.0 Å². The van der Waals surface area contributed by atoms with Crippen LogP contribution >= 0.6 is 24.0 Å². The number of hydrogen-bond acceptors (Lipinski definition) is 4. The number of para-hydroxylation sites is 1. The van der Waals surface area contributed by atoms with Crippen LogP contribution in [0.4, 0.5) is 0 Å². The number of rotatable bonds is 8. The van der Waals surface area contributed by atoms with Crippen molar-refractivity contribution in [1.29, 1.82) is 0 Å². The molecule has 0 atom stereocenters. The number of guanidine groups is 1. The summed E-state index contributed by atoms with van der Waals surface area (Å²) in [6.07, 6.45) is 1.74. The summed E-state index contributed by atoms with van der Waals surface area (Å²) in [6, 6.07) is 13.8. The van der Waals surface area contributed by atoms with Gasteiger partial charge in [-0.15, -0.1) is 24.0 Å². The van der Waals surface area contributed by atoms with Crippen molar-refractivity contribution in [2.24, 2.45) is 4.99 Å². The summed E-state index contributed by atoms with van der Waals surface area (Å²) in [4.78, 5) is 4.66. The Balaban J connectivity index is 0.00000280. The number of hydrogen-bond donors (Lipinski definition) is 2. The molecule has 2 N–H and O–H groups in total. The summed E-state index contributed by atoms with van der Waals surface area (Å²) in [5.41, 5.74) is 2.12. The molecule has 1 aliphatic rings. The third-order valence-corrected chi connectivity index (χ3v) is 3.98. The summed E-state index contributed by atoms with van der Waals surface area (Å²) in [6.45, 7) is 8.42. The second-order valence-electron chi connectivity index (χ2n) is 5.94. The summed E-state index contributed by atoms with van der Waals surface area (Å²) < 4.78 is 16.5. The van der Waals surface area contributed by atoms with Crippen LogP contribution in [-0.2, 0) is 13.1 Å². The molecule has 0 bridgehead atoms. The Morgan fingerprint density at radius 3 is 2.82 bits per heavy atom. The number of halogens is 1. The van der Waals surface area contributed by atoms with Gasteiger partial charge in [0.15, 0.2) is 17.5 Å². The van der Waals surface area contributed by atoms with Crippen LogP contribution in [-0.4, -0.2) is 25.9 Å². The normalized spacial score (nSPS) is 12.1. The summed E-state index contributed by atoms with van der Waals surface area (Å²) in [5.74, 6) is 3.14. The third-order valence-electron chi connectivity index (χ3n) is 3.98. The predicted octanol–water partition coefficient (Wildman–Crippen LogP) is 3.85. The minimum atomic E-state index is 0. The van der Waals surface area contributed by atoms with E-state index < -0.39 is 0 Å². The van der Waals surface area contributed by atoms with E-state index in [0.29, 0.717) is 19.7 Å². The fourth-order valence-corrected chi connectivity index (χ4v) is 2.67. The zero-order valence-electron chi connectivity index (χ0n) is 15.9. The van der Waals surface area contributed by atoms with Crippen LogP contribution in [0.2, 0.25) is 0 Å². The highest BCUT2D eigenvalue weighted by molar-refractivity contribution is 14.0. The molecule has 2 aromatic carbocycles. The molecule has 0 saturated heterocycles. The van der Waals surface area contributed by atoms with Gasteiger partial charge in [-0.1, -0.05) is 36.9 Å². The van der Waals surface area contributed by atoms with E-state index in [-0.39, 0.29) is 30.8 Å². The van der Waals surface area contributed by atoms with Gasteiger partial charge >= 0.3 is 0 Å². The Hall–Kier alpha value is -2.42. The van der Waals surface area contributed by atoms with Crippen LogP contribution in [0.25, 0.3) is 0 Å². The van der Waals surface area contributed by atoms with Crippen molar-refractivity contribution in [3.63, 3.8) is 0 Å². The van der Waals surface area contributed by atoms with Gasteiger partial charge in [0.05, 0.1) is 6.54 Å². The van der Waals surface area contributed by atoms with E-state index in [4.69, 9.17) is 14.2 Å². The Labute approximate surface area is 183 Å². The first-order valence-electron chi connectivity index (χ1n) is 9.02. The van der Waals surface area contributed by atoms with Crippen molar-refractivity contribution in [3.05, 3.63) is 66.2 Å². The van der Waals surface area contributed by atoms with Crippen molar-refractivity contribution in [1.82, 2.24) is 10.6 Å². The van der Waals surface area contributed by atoms with Gasteiger partial charge in [-0.25, -0.2) is 4.99 Å². The number of aliphatic imine (C=N–C) groups is 1. The molecule has 0 amide bonds. The highest BCUT2D eigenvalue weighted by Crippen LogP contribution is 2.32. The lowest BCUT2D eigenvalue weighted by Crippen LogP contribution is -2.36. The lowest BCUT2D eigenvalue weighted by molar-refractivity contribution is 0.174. The second kappa shape index (κ2) is 11.4. The summed E-state index contributed by atoms with van der Waals surface area (Å²) in [5, 5.41) is 6.62. The molecular weight excluding hydrogens is 469 g/mol. The zero-order valence-corrected chi connectivity index (χ0v) is 18.3. The van der Waals surface area contributed by atoms with Gasteiger partial charge in [-0.3, -0.25) is 0 Å². The van der Waals surface area contributed by atoms with Crippen molar-refractivity contribution < 1.29 is 14.2 Å². The van der Waals surface area contributed by atoms with Gasteiger partial charge in [-0.05, 0) is 30.7 Å². The zero-order chi connectivity index (χ0) is 18.9. The number of nitrogens with one attached hydrogen (secondary N) is 2. The molecule has 0 aromatic heterocycles. The van der Waals surface area contributed by atoms with Gasteiger partial charge in [0.1, 0.15) is 12.4 Å². The SMILES string of the molecule is C=CCOc1ccccc1CNC(=NCc1ccc2c(c1)OCO2)NCC.I. The maximum absolute atomic E-state index is 5.71. The molecule has 0 aliphatic carbocycles. The topological polar surface area (TPSA) is 64.1 Å². The molecular formula is C21H26IN3O3. The van der Waals surface area contributed by atoms with E-state index in [1.54, 1.807) is 6.08 Å². The van der Waals surface area contributed by atoms with Crippen LogP contribution in [0.1, 0.15) is 18.1 Å². The molecule has 3 rings (SSSR count). The first kappa shape index (κ1) is 21.9. The van der Waals surface area contributed by atoms with Gasteiger partial charge in [0, 0.05) is 18.7 Å². The largest absolute Gasteiger partial charge is 0.489 e. The first-order valence-corrected chi connectivity index (χ1v) is 9.02. The maximum Gasteiger partial charge on any atom is 0.231 e. The van der Waals surface area contributed by atoms with Crippen molar-refractivity contribution in [3.8, 4) is 17.2 Å². The Morgan fingerprint density at radius 2 is 2.00 bits per heavy atom. The average molecular weight is 495 g/mol. The molecule has 1 aliphatic heterocycles. The molecule has 0 fully saturated rings. The average Bonchev–Trinajstić information content (AvgIpc) is 3.17. The van der Waals surface area contributed by atoms with Crippen LogP contribution in [0.15, 0.2) is 60.1 Å². The fraction of sp³-hybridized carbons (Fsp3) is 0.286. The van der Waals surface area contributed by atoms with E-state index in [1.165, 1.54) is 0 Å². The van der Waals surface area contributed by atoms with Gasteiger partial charge in [0.2, 0.25) is 6.79 Å². The lowest BCUT2D eigenvalue weighted by atomic mass is 10.2. The van der Waals surface area contributed by atoms with Gasteiger partial charge in [-0.2, -0.15) is 0 Å². The molecule has 7 heteroatoms. The van der Waals surface area contributed by atoms with E-state index in [0.717, 1.165) is 40.9 Å². The number of fused-ring (bicyclic) bond motifs is 1. The van der Waals surface area contributed by atoms with Crippen LogP contribution in [0.3, 0.4) is 0 Å². The summed E-state index contributed by atoms with van der Waals surface area (Å²) in [7, 11) is 0. The highest BCUT2D eigenvalue weighted by Gasteiger charge is 2.13. The Kier molecular flexibility index (Phi) is 8.93. The van der Waals surface area contributed by atoms with Crippen LogP contribution in [0, 0.1) is 0 Å². The molecule has 2 aromatic rings. The van der Waals surface area contributed by atoms with Gasteiger partial charge < -0.3 is 24.8 Å². The quantitative estimate of drug-likeness (QED) is 0.252. The molecule has 0 unspecified atom stereocenters. The number of ether oxygens (including phenoxy) is 3. The van der Waals surface area contributed by atoms with Crippen LogP contribution < -0.4 is 24.8 Å². The van der Waals surface area contributed by atoms with E-state index in [1.807, 2.05) is 49.4 Å². The molecule has 28 heavy (non-hydrogen) atoms. The fourth-order valence-electron chi connectivity index (χ4n) is 2.67. The monoisotopic (exact) mass is 495 g/mol. The number of nitrogens with zero attached hydrogens (tertiary/aromatic N) is 1. The lowest BCUT2D eigenvalue weighted by Gasteiger charge is -2.14. The maximum atomic E-state index is 5.71. The molecule has 1 heterocycles. The standard InChI is InChI=1S/C21H25N3O3.HI/c1-3-11-25-18-8-6-5-7-17(18)14-24-21(22-4-2)23-13-16-9-10-19-20(12-16)27-15-26-19;/h3,5-10,12H,1,4,11,13-15H2,2H3,(H2,22,23,24);1H. The molecule has 0 radical (unpaired) electrons. The first-order chi connectivity index (χ1) is 13.3. The molecule has 150 valence electrons. The van der Waals surface area contributed by atoms with E-state index in [9.17, 15) is 0 Å². The Bertz CT molecular complexity index is 811. The molecule has 6 nitrogen and oxygen atoms in total. The second-order valence-corrected chi connectivity index (χ2v) is 5.94. The predicted molar refractivity (Wildman–Crippen MR) is 122 cm³/mol. The van der Waals surface area contributed by atoms with Crippen LogP contribution in [0.5, 0.6) is 17.2 Å². The number of benzene rings is 2. The summed E-state index contributed by atoms with van der Waals surface area (Å²) >= 11 is 0. The smallest absolute Gasteiger partial charge is 0.231 e. The molecule has 0 saturated carbocycles. The third kappa shape index (κ3) is 6.05. The highest BCUT2D eigenvalue weighted by atomic mass is 127. The minimum Gasteiger partial charge on any atom is -0.489 e. The molecule has 0 spiro atoms. The van der Waals surface area contributed by atoms with E-state index >= 15 is 0 Å². The van der Waals surface area contributed by atoms with E-state index in [2.05, 4.69) is 22.2 Å².